The van der Waals surface area contributed by atoms with Gasteiger partial charge in [0.15, 0.2) is 6.10 Å². The highest BCUT2D eigenvalue weighted by Gasteiger charge is 2.37. The highest BCUT2D eigenvalue weighted by Crippen LogP contribution is 2.27. The fraction of sp³-hybridized carbons (Fsp3) is 0.303. The van der Waals surface area contributed by atoms with E-state index in [0.717, 1.165) is 11.1 Å². The van der Waals surface area contributed by atoms with Gasteiger partial charge in [-0.3, -0.25) is 14.4 Å². The number of carbonyl (C=O) groups excluding carboxylic acids is 3. The number of nitrogens with one attached hydrogen (secondary N) is 4. The van der Waals surface area contributed by atoms with Crippen molar-refractivity contribution in [1.82, 2.24) is 21.3 Å². The molecule has 3 aromatic rings. The number of hydrogen-bond donors (Lipinski definition) is 4. The lowest BCUT2D eigenvalue weighted by Crippen LogP contribution is -2.59. The molecule has 8 nitrogen and oxygen atoms in total. The first-order valence-electron chi connectivity index (χ1n) is 14.0. The Balaban J connectivity index is 1.75. The van der Waals surface area contributed by atoms with Crippen LogP contribution in [0.1, 0.15) is 43.1 Å². The van der Waals surface area contributed by atoms with Gasteiger partial charge < -0.3 is 26.0 Å². The molecule has 0 aromatic heterocycles. The molecule has 2 bridgehead atoms. The van der Waals surface area contributed by atoms with E-state index in [1.807, 2.05) is 86.6 Å². The fourth-order valence-electron chi connectivity index (χ4n) is 4.74. The van der Waals surface area contributed by atoms with Gasteiger partial charge in [0.25, 0.3) is 0 Å². The highest BCUT2D eigenvalue weighted by molar-refractivity contribution is 5.94. The van der Waals surface area contributed by atoms with Gasteiger partial charge >= 0.3 is 0 Å². The molecule has 0 radical (unpaired) electrons. The first kappa shape index (κ1) is 29.6. The van der Waals surface area contributed by atoms with Crippen LogP contribution in [-0.4, -0.2) is 42.9 Å². The smallest absolute Gasteiger partial charge is 0.247 e. The van der Waals surface area contributed by atoms with Crippen LogP contribution in [-0.2, 0) is 20.8 Å². The lowest BCUT2D eigenvalue weighted by atomic mass is 9.95. The number of ether oxygens (including phenoxy) is 1. The molecule has 0 fully saturated rings. The molecule has 4 N–H and O–H groups in total. The van der Waals surface area contributed by atoms with Crippen molar-refractivity contribution >= 4 is 23.8 Å². The average Bonchev–Trinajstić information content (AvgIpc) is 3.01. The van der Waals surface area contributed by atoms with E-state index in [0.29, 0.717) is 24.2 Å². The molecule has 2 aliphatic rings. The van der Waals surface area contributed by atoms with Gasteiger partial charge in [0.2, 0.25) is 17.7 Å². The van der Waals surface area contributed by atoms with Crippen molar-refractivity contribution in [2.45, 2.75) is 50.9 Å². The Hall–Kier alpha value is -4.43. The summed E-state index contributed by atoms with van der Waals surface area (Å²) >= 11 is 0. The minimum atomic E-state index is -1.14. The van der Waals surface area contributed by atoms with E-state index < -0.39 is 30.1 Å². The number of carbonyl (C=O) groups is 3. The summed E-state index contributed by atoms with van der Waals surface area (Å²) in [7, 11) is 1.71. The van der Waals surface area contributed by atoms with Gasteiger partial charge in [-0.1, -0.05) is 93.1 Å². The van der Waals surface area contributed by atoms with Gasteiger partial charge in [-0.25, -0.2) is 0 Å². The minimum Gasteiger partial charge on any atom is -0.483 e. The Bertz CT molecular complexity index is 1330. The molecular weight excluding hydrogens is 516 g/mol. The van der Waals surface area contributed by atoms with Crippen molar-refractivity contribution in [3.8, 4) is 5.75 Å². The van der Waals surface area contributed by atoms with Crippen molar-refractivity contribution in [2.24, 2.45) is 5.92 Å². The number of hydrogen-bond acceptors (Lipinski definition) is 5. The van der Waals surface area contributed by atoms with Crippen LogP contribution in [0, 0.1) is 5.92 Å². The Morgan fingerprint density at radius 3 is 2.22 bits per heavy atom. The predicted molar refractivity (Wildman–Crippen MR) is 160 cm³/mol. The maximum absolute atomic E-state index is 14.1. The summed E-state index contributed by atoms with van der Waals surface area (Å²) in [6, 6.07) is 23.7. The van der Waals surface area contributed by atoms with Crippen molar-refractivity contribution < 1.29 is 19.1 Å². The summed E-state index contributed by atoms with van der Waals surface area (Å²) < 4.78 is 6.44. The first-order valence-corrected chi connectivity index (χ1v) is 14.0. The summed E-state index contributed by atoms with van der Waals surface area (Å²) in [6.45, 7) is 3.87. The van der Waals surface area contributed by atoms with Crippen molar-refractivity contribution in [3.05, 3.63) is 108 Å². The molecular formula is C33H38N4O4. The van der Waals surface area contributed by atoms with Gasteiger partial charge in [0, 0.05) is 6.20 Å². The summed E-state index contributed by atoms with van der Waals surface area (Å²) in [5.74, 6) is -0.826. The quantitative estimate of drug-likeness (QED) is 0.339. The molecule has 5 atom stereocenters. The third-order valence-corrected chi connectivity index (χ3v) is 7.40. The second-order valence-corrected chi connectivity index (χ2v) is 10.2. The van der Waals surface area contributed by atoms with Crippen LogP contribution in [0.3, 0.4) is 0 Å². The largest absolute Gasteiger partial charge is 0.483 e. The Morgan fingerprint density at radius 1 is 0.927 bits per heavy atom. The van der Waals surface area contributed by atoms with Crippen LogP contribution < -0.4 is 26.0 Å². The van der Waals surface area contributed by atoms with Gasteiger partial charge in [0.05, 0.1) is 6.04 Å². The molecule has 1 unspecified atom stereocenters. The van der Waals surface area contributed by atoms with E-state index in [4.69, 9.17) is 4.74 Å². The van der Waals surface area contributed by atoms with Crippen LogP contribution in [0.15, 0.2) is 91.1 Å². The Morgan fingerprint density at radius 2 is 1.59 bits per heavy atom. The highest BCUT2D eigenvalue weighted by atomic mass is 16.5. The zero-order chi connectivity index (χ0) is 29.2. The zero-order valence-electron chi connectivity index (χ0n) is 23.7. The SMILES string of the molecule is CCC(C)[C@@H]1NC(=O)[C@@H](NC(=O)[C@H](Cc2ccccc2)NC)[C@H](c2ccccc2)Oc2ccc(cc2)/C=C\NC1=O. The van der Waals surface area contributed by atoms with E-state index in [9.17, 15) is 14.4 Å². The maximum atomic E-state index is 14.1. The summed E-state index contributed by atoms with van der Waals surface area (Å²) in [4.78, 5) is 41.0. The van der Waals surface area contributed by atoms with Crippen LogP contribution >= 0.6 is 0 Å². The van der Waals surface area contributed by atoms with Crippen LogP contribution in [0.25, 0.3) is 6.08 Å². The van der Waals surface area contributed by atoms with Gasteiger partial charge in [0.1, 0.15) is 17.8 Å². The monoisotopic (exact) mass is 554 g/mol. The third kappa shape index (κ3) is 7.83. The number of likely N-dealkylation sites (N-methyl/N-ethyl adjacent to an activating group) is 1. The molecule has 214 valence electrons. The molecule has 0 saturated heterocycles. The number of benzene rings is 3. The van der Waals surface area contributed by atoms with Gasteiger partial charge in [-0.05, 0) is 54.3 Å². The molecule has 5 rings (SSSR count). The molecule has 41 heavy (non-hydrogen) atoms. The summed E-state index contributed by atoms with van der Waals surface area (Å²) in [5.41, 5.74) is 2.56. The van der Waals surface area contributed by atoms with Crippen LogP contribution in [0.2, 0.25) is 0 Å². The minimum absolute atomic E-state index is 0.158. The first-order chi connectivity index (χ1) is 19.9. The van der Waals surface area contributed by atoms with E-state index in [2.05, 4.69) is 21.3 Å². The van der Waals surface area contributed by atoms with Crippen LogP contribution in [0.4, 0.5) is 0 Å². The molecule has 2 heterocycles. The van der Waals surface area contributed by atoms with Crippen molar-refractivity contribution in [2.75, 3.05) is 7.05 Å². The summed E-state index contributed by atoms with van der Waals surface area (Å²) in [5, 5.41) is 11.8. The third-order valence-electron chi connectivity index (χ3n) is 7.40. The van der Waals surface area contributed by atoms with E-state index in [1.165, 1.54) is 0 Å². The van der Waals surface area contributed by atoms with E-state index >= 15 is 0 Å². The molecule has 2 aliphatic heterocycles. The average molecular weight is 555 g/mol. The van der Waals surface area contributed by atoms with Gasteiger partial charge in [-0.2, -0.15) is 0 Å². The van der Waals surface area contributed by atoms with Crippen LogP contribution in [0.5, 0.6) is 5.75 Å². The topological polar surface area (TPSA) is 109 Å². The number of fused-ring (bicyclic) bond motifs is 10. The van der Waals surface area contributed by atoms with Crippen molar-refractivity contribution in [1.29, 1.82) is 0 Å². The Labute approximate surface area is 241 Å². The lowest BCUT2D eigenvalue weighted by Gasteiger charge is -2.32. The molecule has 8 heteroatoms. The van der Waals surface area contributed by atoms with Gasteiger partial charge in [-0.15, -0.1) is 0 Å². The molecule has 0 spiro atoms. The molecule has 0 saturated carbocycles. The summed E-state index contributed by atoms with van der Waals surface area (Å²) in [6.07, 6.45) is 3.57. The normalized spacial score (nSPS) is 21.4. The maximum Gasteiger partial charge on any atom is 0.247 e. The zero-order valence-corrected chi connectivity index (χ0v) is 23.7. The predicted octanol–water partition coefficient (Wildman–Crippen LogP) is 3.75. The lowest BCUT2D eigenvalue weighted by molar-refractivity contribution is -0.135. The Kier molecular flexibility index (Phi) is 10.3. The number of rotatable bonds is 8. The molecule has 3 amide bonds. The fourth-order valence-corrected chi connectivity index (χ4v) is 4.74. The standard InChI is InChI=1S/C33H38N4O4/c1-4-22(2)28-32(39)35-20-19-23-15-17-26(18-16-23)41-30(25-13-9-6-10-14-25)29(33(40)36-28)37-31(38)27(34-3)21-24-11-7-5-8-12-24/h5-20,22,27-30,34H,4,21H2,1-3H3,(H,35,39)(H,36,40)(H,37,38)/b20-19-/t22?,27-,28-,29-,30-/m0/s1. The second-order valence-electron chi connectivity index (χ2n) is 10.2. The van der Waals surface area contributed by atoms with E-state index in [1.54, 1.807) is 31.5 Å². The second kappa shape index (κ2) is 14.3. The molecule has 0 aliphatic carbocycles. The van der Waals surface area contributed by atoms with Crippen molar-refractivity contribution in [3.63, 3.8) is 0 Å². The van der Waals surface area contributed by atoms with E-state index in [-0.39, 0.29) is 17.7 Å². The number of amides is 3. The molecule has 3 aromatic carbocycles.